The van der Waals surface area contributed by atoms with Crippen molar-refractivity contribution >= 4 is 15.5 Å². The van der Waals surface area contributed by atoms with Gasteiger partial charge in [-0.05, 0) is 25.5 Å². The molecular formula is C19H24O5Si. The van der Waals surface area contributed by atoms with E-state index in [0.29, 0.717) is 17.9 Å². The zero-order valence-electron chi connectivity index (χ0n) is 14.8. The predicted octanol–water partition coefficient (Wildman–Crippen LogP) is 2.87. The lowest BCUT2D eigenvalue weighted by atomic mass is 10.0. The normalized spacial score (nSPS) is 12.3. The Morgan fingerprint density at radius 3 is 2.48 bits per heavy atom. The number of rotatable bonds is 9. The molecule has 1 N–H and O–H groups in total. The van der Waals surface area contributed by atoms with Crippen molar-refractivity contribution in [2.45, 2.75) is 26.0 Å². The molecule has 0 aliphatic heterocycles. The Kier molecular flexibility index (Phi) is 7.03. The highest BCUT2D eigenvalue weighted by Crippen LogP contribution is 2.40. The molecule has 0 amide bonds. The van der Waals surface area contributed by atoms with Gasteiger partial charge in [-0.3, -0.25) is 4.79 Å². The number of aromatic hydroxyl groups is 1. The number of hydrogen-bond donors (Lipinski definition) is 1. The lowest BCUT2D eigenvalue weighted by molar-refractivity contribution is 0.103. The fourth-order valence-electron chi connectivity index (χ4n) is 2.41. The second-order valence-electron chi connectivity index (χ2n) is 5.50. The first-order valence-corrected chi connectivity index (χ1v) is 9.75. The summed E-state index contributed by atoms with van der Waals surface area (Å²) in [4.78, 5) is 12.7. The number of ether oxygens (including phenoxy) is 2. The van der Waals surface area contributed by atoms with E-state index in [9.17, 15) is 9.90 Å². The van der Waals surface area contributed by atoms with Crippen LogP contribution in [-0.2, 0) is 4.43 Å². The summed E-state index contributed by atoms with van der Waals surface area (Å²) in [6, 6.07) is 12.0. The highest BCUT2D eigenvalue weighted by molar-refractivity contribution is 6.29. The lowest BCUT2D eigenvalue weighted by Gasteiger charge is -2.20. The molecule has 0 fully saturated rings. The van der Waals surface area contributed by atoms with Gasteiger partial charge in [-0.25, -0.2) is 0 Å². The van der Waals surface area contributed by atoms with Gasteiger partial charge in [-0.1, -0.05) is 37.3 Å². The minimum atomic E-state index is -0.914. The topological polar surface area (TPSA) is 65.0 Å². The molecule has 1 atom stereocenters. The van der Waals surface area contributed by atoms with Crippen LogP contribution in [0.5, 0.6) is 17.2 Å². The number of phenolic OH excluding ortho intramolecular Hbond substituents is 1. The van der Waals surface area contributed by atoms with Crippen molar-refractivity contribution in [3.63, 3.8) is 0 Å². The predicted molar refractivity (Wildman–Crippen MR) is 99.4 cm³/mol. The Labute approximate surface area is 150 Å². The second-order valence-corrected chi connectivity index (χ2v) is 7.15. The molecule has 0 radical (unpaired) electrons. The van der Waals surface area contributed by atoms with E-state index in [1.165, 1.54) is 7.11 Å². The van der Waals surface area contributed by atoms with E-state index in [2.05, 4.69) is 0 Å². The number of carbonyl (C=O) groups is 1. The summed E-state index contributed by atoms with van der Waals surface area (Å²) in [5, 5.41) is 10.7. The number of ketones is 1. The maximum atomic E-state index is 12.7. The fourth-order valence-corrected chi connectivity index (χ4v) is 3.38. The monoisotopic (exact) mass is 360 g/mol. The van der Waals surface area contributed by atoms with Gasteiger partial charge < -0.3 is 19.0 Å². The average molecular weight is 360 g/mol. The fraction of sp³-hybridized carbons (Fsp3) is 0.316. The molecule has 2 aromatic carbocycles. The second kappa shape index (κ2) is 9.24. The number of hydrogen-bond acceptors (Lipinski definition) is 5. The first-order chi connectivity index (χ1) is 12.1. The highest BCUT2D eigenvalue weighted by atomic mass is 28.2. The molecule has 2 rings (SSSR count). The van der Waals surface area contributed by atoms with Crippen molar-refractivity contribution in [2.75, 3.05) is 13.7 Å². The molecule has 0 saturated carbocycles. The zero-order chi connectivity index (χ0) is 18.2. The van der Waals surface area contributed by atoms with Gasteiger partial charge in [0, 0.05) is 12.2 Å². The first kappa shape index (κ1) is 19.0. The van der Waals surface area contributed by atoms with E-state index in [4.69, 9.17) is 13.9 Å². The van der Waals surface area contributed by atoms with Crippen LogP contribution in [0.25, 0.3) is 0 Å². The Morgan fingerprint density at radius 2 is 1.88 bits per heavy atom. The van der Waals surface area contributed by atoms with Crippen molar-refractivity contribution in [1.82, 2.24) is 0 Å². The third-order valence-corrected chi connectivity index (χ3v) is 5.60. The summed E-state index contributed by atoms with van der Waals surface area (Å²) in [6.45, 7) is 4.58. The Balaban J connectivity index is 2.36. The molecule has 0 saturated heterocycles. The molecule has 6 heteroatoms. The van der Waals surface area contributed by atoms with Crippen LogP contribution in [0.1, 0.15) is 36.2 Å². The molecule has 0 aromatic heterocycles. The van der Waals surface area contributed by atoms with Gasteiger partial charge in [-0.2, -0.15) is 0 Å². The molecule has 0 heterocycles. The van der Waals surface area contributed by atoms with Crippen LogP contribution >= 0.6 is 0 Å². The molecule has 1 unspecified atom stereocenters. The van der Waals surface area contributed by atoms with Gasteiger partial charge in [0.15, 0.2) is 17.3 Å². The standard InChI is InChI=1S/C19H24O5Si/c1-4-16(25-23-5-2)24-19-15(22-3)12-11-14(18(19)21)17(20)13-9-7-6-8-10-13/h6-12,16,21H,4-5,25H2,1-3H3. The van der Waals surface area contributed by atoms with E-state index in [1.54, 1.807) is 36.4 Å². The van der Waals surface area contributed by atoms with Crippen molar-refractivity contribution in [1.29, 1.82) is 0 Å². The van der Waals surface area contributed by atoms with E-state index in [1.807, 2.05) is 19.9 Å². The molecule has 0 bridgehead atoms. The molecule has 0 spiro atoms. The van der Waals surface area contributed by atoms with Crippen molar-refractivity contribution in [3.8, 4) is 17.2 Å². The van der Waals surface area contributed by atoms with Gasteiger partial charge in [0.05, 0.1) is 12.7 Å². The maximum Gasteiger partial charge on any atom is 0.204 e. The quantitative estimate of drug-likeness (QED) is 0.550. The molecular weight excluding hydrogens is 336 g/mol. The average Bonchev–Trinajstić information content (AvgIpc) is 2.66. The first-order valence-electron chi connectivity index (χ1n) is 8.36. The smallest absolute Gasteiger partial charge is 0.204 e. The lowest BCUT2D eigenvalue weighted by Crippen LogP contribution is -2.26. The molecule has 25 heavy (non-hydrogen) atoms. The third-order valence-electron chi connectivity index (χ3n) is 3.84. The van der Waals surface area contributed by atoms with Gasteiger partial charge >= 0.3 is 0 Å². The number of benzene rings is 2. The summed E-state index contributed by atoms with van der Waals surface area (Å²) in [6.07, 6.45) is 0.756. The van der Waals surface area contributed by atoms with Crippen LogP contribution in [0.3, 0.4) is 0 Å². The minimum Gasteiger partial charge on any atom is -0.504 e. The van der Waals surface area contributed by atoms with Crippen LogP contribution in [0, 0.1) is 0 Å². The summed E-state index contributed by atoms with van der Waals surface area (Å²) >= 11 is 0. The zero-order valence-corrected chi connectivity index (χ0v) is 16.2. The van der Waals surface area contributed by atoms with Crippen molar-refractivity contribution in [2.24, 2.45) is 0 Å². The molecule has 134 valence electrons. The van der Waals surface area contributed by atoms with Crippen molar-refractivity contribution < 1.29 is 23.8 Å². The maximum absolute atomic E-state index is 12.7. The van der Waals surface area contributed by atoms with Crippen LogP contribution in [0.2, 0.25) is 0 Å². The van der Waals surface area contributed by atoms with Crippen LogP contribution in [0.4, 0.5) is 0 Å². The van der Waals surface area contributed by atoms with Crippen molar-refractivity contribution in [3.05, 3.63) is 53.6 Å². The van der Waals surface area contributed by atoms with Crippen LogP contribution in [0.15, 0.2) is 42.5 Å². The van der Waals surface area contributed by atoms with Crippen LogP contribution in [-0.4, -0.2) is 40.1 Å². The van der Waals surface area contributed by atoms with E-state index < -0.39 is 9.76 Å². The summed E-state index contributed by atoms with van der Waals surface area (Å²) in [5.41, 5.74) is 0.585. The molecule has 0 aliphatic carbocycles. The van der Waals surface area contributed by atoms with Gasteiger partial charge in [0.2, 0.25) is 15.5 Å². The van der Waals surface area contributed by atoms with Gasteiger partial charge in [0.25, 0.3) is 0 Å². The Bertz CT molecular complexity index is 702. The Morgan fingerprint density at radius 1 is 1.16 bits per heavy atom. The number of carbonyl (C=O) groups excluding carboxylic acids is 1. The highest BCUT2D eigenvalue weighted by Gasteiger charge is 2.23. The van der Waals surface area contributed by atoms with E-state index in [-0.39, 0.29) is 28.6 Å². The van der Waals surface area contributed by atoms with Gasteiger partial charge in [-0.15, -0.1) is 0 Å². The SMILES string of the molecule is CCO[SiH2]C(CC)Oc1c(OC)ccc(C(=O)c2ccccc2)c1O. The van der Waals surface area contributed by atoms with Gasteiger partial charge in [0.1, 0.15) is 5.73 Å². The molecule has 0 aliphatic rings. The summed E-state index contributed by atoms with van der Waals surface area (Å²) in [5.74, 6) is 0.132. The minimum absolute atomic E-state index is 0.109. The third kappa shape index (κ3) is 4.61. The molecule has 2 aromatic rings. The van der Waals surface area contributed by atoms with E-state index in [0.717, 1.165) is 6.42 Å². The summed E-state index contributed by atoms with van der Waals surface area (Å²) in [7, 11) is 0.587. The largest absolute Gasteiger partial charge is 0.504 e. The Hall–Kier alpha value is -2.31. The number of phenols is 1. The molecule has 5 nitrogen and oxygen atoms in total. The summed E-state index contributed by atoms with van der Waals surface area (Å²) < 4.78 is 16.8. The van der Waals surface area contributed by atoms with Crippen LogP contribution < -0.4 is 9.47 Å². The van der Waals surface area contributed by atoms with E-state index >= 15 is 0 Å². The number of methoxy groups -OCH3 is 1.